The number of likely N-dealkylation sites (tertiary alicyclic amines) is 1. The number of rotatable bonds is 7. The normalized spacial score (nSPS) is 18.5. The minimum Gasteiger partial charge on any atom is -0.341 e. The van der Waals surface area contributed by atoms with Crippen molar-refractivity contribution in [3.05, 3.63) is 71.8 Å². The highest BCUT2D eigenvalue weighted by Crippen LogP contribution is 2.31. The van der Waals surface area contributed by atoms with Crippen molar-refractivity contribution in [2.75, 3.05) is 18.4 Å². The van der Waals surface area contributed by atoms with E-state index in [9.17, 15) is 18.0 Å². The van der Waals surface area contributed by atoms with Crippen LogP contribution < -0.4 is 15.8 Å². The Morgan fingerprint density at radius 3 is 2.37 bits per heavy atom. The van der Waals surface area contributed by atoms with Crippen LogP contribution in [0, 0.1) is 12.8 Å². The molecule has 0 saturated carbocycles. The van der Waals surface area contributed by atoms with Gasteiger partial charge in [-0.2, -0.15) is 0 Å². The molecule has 8 nitrogen and oxygen atoms in total. The molecule has 9 heteroatoms. The Morgan fingerprint density at radius 1 is 1.05 bits per heavy atom. The van der Waals surface area contributed by atoms with E-state index < -0.39 is 16.1 Å². The number of hydrogen-bond donors (Lipinski definition) is 3. The van der Waals surface area contributed by atoms with Crippen molar-refractivity contribution in [3.63, 3.8) is 0 Å². The quantitative estimate of drug-likeness (QED) is 0.414. The zero-order chi connectivity index (χ0) is 26.7. The Bertz CT molecular complexity index is 1420. The lowest BCUT2D eigenvalue weighted by Crippen LogP contribution is -2.54. The molecule has 204 valence electrons. The first-order valence-corrected chi connectivity index (χ1v) is 14.1. The molecule has 3 aromatic rings. The molecule has 1 heterocycles. The first-order valence-electron chi connectivity index (χ1n) is 12.6. The van der Waals surface area contributed by atoms with Crippen LogP contribution >= 0.6 is 0 Å². The summed E-state index contributed by atoms with van der Waals surface area (Å²) in [5, 5.41) is 4.10. The molecule has 38 heavy (non-hydrogen) atoms. The van der Waals surface area contributed by atoms with Crippen molar-refractivity contribution in [2.24, 2.45) is 11.7 Å². The zero-order valence-electron chi connectivity index (χ0n) is 21.4. The molecule has 0 unspecified atom stereocenters. The maximum Gasteiger partial charge on any atom is 0.255 e. The predicted molar refractivity (Wildman–Crippen MR) is 153 cm³/mol. The number of sulfonamides is 1. The van der Waals surface area contributed by atoms with Gasteiger partial charge in [-0.25, -0.2) is 13.1 Å². The average Bonchev–Trinajstić information content (AvgIpc) is 2.88. The first-order chi connectivity index (χ1) is 17.6. The van der Waals surface area contributed by atoms with Crippen LogP contribution in [0.1, 0.15) is 50.0 Å². The maximum atomic E-state index is 13.6. The molecule has 4 N–H and O–H groups in total. The van der Waals surface area contributed by atoms with E-state index in [1.165, 1.54) is 6.07 Å². The van der Waals surface area contributed by atoms with E-state index in [-0.39, 0.29) is 36.1 Å². The van der Waals surface area contributed by atoms with E-state index in [1.54, 1.807) is 42.2 Å². The number of hydrogen-bond acceptors (Lipinski definition) is 5. The summed E-state index contributed by atoms with van der Waals surface area (Å²) < 4.78 is 30.1. The van der Waals surface area contributed by atoms with Crippen LogP contribution in [0.4, 0.5) is 5.69 Å². The molecular weight excluding hydrogens is 500 g/mol. The Labute approximate surface area is 225 Å². The number of amides is 2. The molecule has 0 bridgehead atoms. The molecular formula is C29H38N4O4S. The Morgan fingerprint density at radius 2 is 1.71 bits per heavy atom. The van der Waals surface area contributed by atoms with Gasteiger partial charge in [-0.3, -0.25) is 9.59 Å². The molecule has 1 saturated heterocycles. The minimum absolute atomic E-state index is 0. The topological polar surface area (TPSA) is 122 Å². The number of carbonyl (C=O) groups excluding carboxylic acids is 2. The van der Waals surface area contributed by atoms with Gasteiger partial charge in [0.15, 0.2) is 0 Å². The number of benzene rings is 3. The second-order valence-corrected chi connectivity index (χ2v) is 11.4. The Kier molecular flexibility index (Phi) is 9.30. The van der Waals surface area contributed by atoms with E-state index in [0.717, 1.165) is 12.0 Å². The van der Waals surface area contributed by atoms with Crippen molar-refractivity contribution < 1.29 is 18.0 Å². The molecule has 2 amide bonds. The lowest BCUT2D eigenvalue weighted by Gasteiger charge is -2.39. The van der Waals surface area contributed by atoms with Crippen molar-refractivity contribution >= 4 is 38.3 Å². The number of carbonyl (C=O) groups is 2. The summed E-state index contributed by atoms with van der Waals surface area (Å²) >= 11 is 0. The van der Waals surface area contributed by atoms with Crippen molar-refractivity contribution in [1.29, 1.82) is 0 Å². The number of nitrogens with two attached hydrogens (primary N) is 1. The number of nitrogens with one attached hydrogen (secondary N) is 2. The smallest absolute Gasteiger partial charge is 0.255 e. The molecule has 1 aliphatic heterocycles. The maximum absolute atomic E-state index is 13.6. The predicted octanol–water partition coefficient (Wildman–Crippen LogP) is 4.29. The van der Waals surface area contributed by atoms with Gasteiger partial charge in [-0.15, -0.1) is 0 Å². The molecule has 4 rings (SSSR count). The van der Waals surface area contributed by atoms with Crippen LogP contribution in [0.3, 0.4) is 0 Å². The fourth-order valence-corrected chi connectivity index (χ4v) is 6.53. The highest BCUT2D eigenvalue weighted by molar-refractivity contribution is 7.89. The van der Waals surface area contributed by atoms with Crippen molar-refractivity contribution in [3.8, 4) is 0 Å². The molecule has 0 aromatic heterocycles. The second kappa shape index (κ2) is 12.1. The van der Waals surface area contributed by atoms with Gasteiger partial charge in [0.2, 0.25) is 15.9 Å². The molecule has 0 radical (unpaired) electrons. The van der Waals surface area contributed by atoms with Crippen LogP contribution in [0.25, 0.3) is 10.8 Å². The number of fused-ring (bicyclic) bond motifs is 1. The molecule has 1 fully saturated rings. The number of aryl methyl sites for hydroxylation is 1. The summed E-state index contributed by atoms with van der Waals surface area (Å²) in [6, 6.07) is 16.7. The molecule has 0 aliphatic carbocycles. The van der Waals surface area contributed by atoms with Crippen molar-refractivity contribution in [1.82, 2.24) is 9.62 Å². The van der Waals surface area contributed by atoms with Crippen LogP contribution in [0.2, 0.25) is 0 Å². The highest BCUT2D eigenvalue weighted by atomic mass is 32.2. The second-order valence-electron chi connectivity index (χ2n) is 9.68. The summed E-state index contributed by atoms with van der Waals surface area (Å²) in [6.07, 6.45) is 1.24. The third-order valence-corrected chi connectivity index (χ3v) is 8.63. The summed E-state index contributed by atoms with van der Waals surface area (Å²) in [6.45, 7) is 6.45. The van der Waals surface area contributed by atoms with E-state index in [1.807, 2.05) is 38.1 Å². The molecule has 3 atom stereocenters. The number of anilines is 1. The lowest BCUT2D eigenvalue weighted by atomic mass is 9.90. The zero-order valence-corrected chi connectivity index (χ0v) is 22.2. The number of piperidine rings is 1. The average molecular weight is 539 g/mol. The lowest BCUT2D eigenvalue weighted by molar-refractivity contribution is -0.134. The van der Waals surface area contributed by atoms with Crippen LogP contribution in [0.15, 0.2) is 65.6 Å². The number of nitrogens with zero attached hydrogens (tertiary/aromatic N) is 1. The summed E-state index contributed by atoms with van der Waals surface area (Å²) in [7, 11) is -3.88. The van der Waals surface area contributed by atoms with Gasteiger partial charge in [0, 0.05) is 41.2 Å². The monoisotopic (exact) mass is 538 g/mol. The van der Waals surface area contributed by atoms with Gasteiger partial charge >= 0.3 is 0 Å². The van der Waals surface area contributed by atoms with E-state index >= 15 is 0 Å². The SMILES string of the molecule is C.CC[C@H]1CN(C(=O)[C@H](C)N)CC[C@@H]1NS(=O)(=O)c1ccc(NC(=O)c2ccccc2C)c2ccccc12. The standard InChI is InChI=1S/C28H34N4O4S.CH4/c1-4-20-17-32(28(34)19(3)29)16-15-24(20)31-37(35,36)26-14-13-25(22-11-7-8-12-23(22)26)30-27(33)21-10-6-5-9-18(21)2;/h5-14,19-20,24,31H,4,15-17,29H2,1-3H3,(H,30,33);1H4/t19-,20-,24-;/m0./s1. The Balaban J connectivity index is 0.00000400. The third kappa shape index (κ3) is 6.06. The molecule has 3 aromatic carbocycles. The van der Waals surface area contributed by atoms with Gasteiger partial charge < -0.3 is 16.0 Å². The van der Waals surface area contributed by atoms with Gasteiger partial charge in [-0.05, 0) is 49.9 Å². The first kappa shape index (κ1) is 29.3. The summed E-state index contributed by atoms with van der Waals surface area (Å²) in [4.78, 5) is 27.2. The molecule has 1 aliphatic rings. The fraction of sp³-hybridized carbons (Fsp3) is 0.379. The van der Waals surface area contributed by atoms with E-state index in [0.29, 0.717) is 41.5 Å². The highest BCUT2D eigenvalue weighted by Gasteiger charge is 2.34. The van der Waals surface area contributed by atoms with Crippen molar-refractivity contribution in [2.45, 2.75) is 58.0 Å². The summed E-state index contributed by atoms with van der Waals surface area (Å²) in [5.74, 6) is -0.393. The van der Waals surface area contributed by atoms with Gasteiger partial charge in [-0.1, -0.05) is 63.2 Å². The van der Waals surface area contributed by atoms with Gasteiger partial charge in [0.05, 0.1) is 10.9 Å². The summed E-state index contributed by atoms with van der Waals surface area (Å²) in [5.41, 5.74) is 7.72. The fourth-order valence-electron chi connectivity index (χ4n) is 4.98. The van der Waals surface area contributed by atoms with Crippen LogP contribution in [-0.4, -0.2) is 50.3 Å². The van der Waals surface area contributed by atoms with Crippen LogP contribution in [0.5, 0.6) is 0 Å². The van der Waals surface area contributed by atoms with E-state index in [4.69, 9.17) is 5.73 Å². The Hall–Kier alpha value is -3.27. The minimum atomic E-state index is -3.88. The van der Waals surface area contributed by atoms with E-state index in [2.05, 4.69) is 10.0 Å². The third-order valence-electron chi connectivity index (χ3n) is 7.08. The largest absolute Gasteiger partial charge is 0.341 e. The van der Waals surface area contributed by atoms with Gasteiger partial charge in [0.25, 0.3) is 5.91 Å². The molecule has 0 spiro atoms. The van der Waals surface area contributed by atoms with Gasteiger partial charge in [0.1, 0.15) is 0 Å². The van der Waals surface area contributed by atoms with Crippen LogP contribution in [-0.2, 0) is 14.8 Å².